The van der Waals surface area contributed by atoms with E-state index < -0.39 is 11.2 Å². The fraction of sp³-hybridized carbons (Fsp3) is 0.158. The van der Waals surface area contributed by atoms with Crippen LogP contribution < -0.4 is 4.74 Å². The lowest BCUT2D eigenvalue weighted by Crippen LogP contribution is -2.10. The van der Waals surface area contributed by atoms with Crippen molar-refractivity contribution in [2.75, 3.05) is 0 Å². The van der Waals surface area contributed by atoms with Crippen molar-refractivity contribution in [3.8, 4) is 11.5 Å². The van der Waals surface area contributed by atoms with Crippen molar-refractivity contribution >= 4 is 17.1 Å². The lowest BCUT2D eigenvalue weighted by atomic mass is 10.1. The van der Waals surface area contributed by atoms with Gasteiger partial charge in [-0.1, -0.05) is 0 Å². The number of aliphatic hydroxyl groups excluding tert-OH is 1. The standard InChI is InChI=1S/C19H17N5O5/c1-11-7-13(8-12(2)17(11)25)22-23-14-9-20-18(21-10-14)19(26)29-16-5-3-15(4-6-16)24(27)28/h3-10,19,25-26H,1-2H3. The van der Waals surface area contributed by atoms with E-state index >= 15 is 0 Å². The maximum Gasteiger partial charge on any atom is 0.269 e. The van der Waals surface area contributed by atoms with Gasteiger partial charge in [-0.15, -0.1) is 5.11 Å². The monoisotopic (exact) mass is 395 g/mol. The minimum atomic E-state index is -1.45. The Balaban J connectivity index is 1.67. The molecule has 2 N–H and O–H groups in total. The number of nitro benzene ring substituents is 1. The number of aryl methyl sites for hydroxylation is 2. The zero-order chi connectivity index (χ0) is 21.0. The number of aromatic hydroxyl groups is 1. The Morgan fingerprint density at radius 1 is 1.03 bits per heavy atom. The number of benzene rings is 2. The van der Waals surface area contributed by atoms with Crippen molar-refractivity contribution in [3.05, 3.63) is 75.9 Å². The van der Waals surface area contributed by atoms with Gasteiger partial charge in [-0.05, 0) is 49.2 Å². The van der Waals surface area contributed by atoms with E-state index in [2.05, 4.69) is 20.2 Å². The average Bonchev–Trinajstić information content (AvgIpc) is 2.71. The first-order chi connectivity index (χ1) is 13.8. The molecule has 0 fully saturated rings. The maximum atomic E-state index is 10.6. The highest BCUT2D eigenvalue weighted by Gasteiger charge is 2.14. The van der Waals surface area contributed by atoms with Crippen LogP contribution in [-0.2, 0) is 0 Å². The van der Waals surface area contributed by atoms with Gasteiger partial charge in [0.15, 0.2) is 5.82 Å². The Kier molecular flexibility index (Phi) is 5.74. The van der Waals surface area contributed by atoms with E-state index in [9.17, 15) is 20.3 Å². The number of rotatable bonds is 6. The lowest BCUT2D eigenvalue weighted by molar-refractivity contribution is -0.384. The van der Waals surface area contributed by atoms with Gasteiger partial charge in [0.25, 0.3) is 12.0 Å². The second-order valence-corrected chi connectivity index (χ2v) is 6.15. The van der Waals surface area contributed by atoms with E-state index in [1.54, 1.807) is 26.0 Å². The summed E-state index contributed by atoms with van der Waals surface area (Å²) < 4.78 is 5.27. The summed E-state index contributed by atoms with van der Waals surface area (Å²) in [4.78, 5) is 18.1. The predicted molar refractivity (Wildman–Crippen MR) is 102 cm³/mol. The van der Waals surface area contributed by atoms with E-state index in [-0.39, 0.29) is 23.0 Å². The predicted octanol–water partition coefficient (Wildman–Crippen LogP) is 4.19. The number of aromatic nitrogens is 2. The molecule has 0 aliphatic carbocycles. The summed E-state index contributed by atoms with van der Waals surface area (Å²) in [5.41, 5.74) is 2.23. The van der Waals surface area contributed by atoms with Crippen LogP contribution in [0, 0.1) is 24.0 Å². The fourth-order valence-electron chi connectivity index (χ4n) is 2.44. The van der Waals surface area contributed by atoms with Gasteiger partial charge in [-0.3, -0.25) is 10.1 Å². The van der Waals surface area contributed by atoms with Gasteiger partial charge >= 0.3 is 0 Å². The number of phenolic OH excluding ortho intramolecular Hbond substituents is 1. The maximum absolute atomic E-state index is 10.6. The van der Waals surface area contributed by atoms with E-state index in [4.69, 9.17) is 4.74 Å². The normalized spacial score (nSPS) is 12.1. The summed E-state index contributed by atoms with van der Waals surface area (Å²) >= 11 is 0. The molecule has 0 aliphatic rings. The Morgan fingerprint density at radius 3 is 2.14 bits per heavy atom. The Bertz CT molecular complexity index is 1030. The molecule has 148 valence electrons. The molecule has 0 saturated carbocycles. The lowest BCUT2D eigenvalue weighted by Gasteiger charge is -2.11. The van der Waals surface area contributed by atoms with Crippen LogP contribution in [0.4, 0.5) is 17.1 Å². The zero-order valence-corrected chi connectivity index (χ0v) is 15.6. The van der Waals surface area contributed by atoms with Crippen molar-refractivity contribution in [1.29, 1.82) is 0 Å². The first kappa shape index (κ1) is 19.8. The highest BCUT2D eigenvalue weighted by molar-refractivity contribution is 5.51. The molecule has 2 aromatic carbocycles. The number of nitro groups is 1. The summed E-state index contributed by atoms with van der Waals surface area (Å²) in [7, 11) is 0. The number of hydrogen-bond acceptors (Lipinski definition) is 9. The summed E-state index contributed by atoms with van der Waals surface area (Å²) in [6.07, 6.45) is 1.28. The summed E-state index contributed by atoms with van der Waals surface area (Å²) in [5, 5.41) is 38.6. The number of aliphatic hydroxyl groups is 1. The van der Waals surface area contributed by atoms with Gasteiger partial charge in [0, 0.05) is 12.1 Å². The van der Waals surface area contributed by atoms with Crippen LogP contribution in [0.5, 0.6) is 11.5 Å². The van der Waals surface area contributed by atoms with E-state index in [1.807, 2.05) is 0 Å². The second-order valence-electron chi connectivity index (χ2n) is 6.15. The molecule has 0 spiro atoms. The van der Waals surface area contributed by atoms with Crippen LogP contribution in [0.25, 0.3) is 0 Å². The van der Waals surface area contributed by atoms with E-state index in [0.717, 1.165) is 0 Å². The van der Waals surface area contributed by atoms with Gasteiger partial charge in [-0.2, -0.15) is 5.11 Å². The van der Waals surface area contributed by atoms with Crippen molar-refractivity contribution in [3.63, 3.8) is 0 Å². The van der Waals surface area contributed by atoms with Gasteiger partial charge in [0.1, 0.15) is 17.2 Å². The number of non-ortho nitro benzene ring substituents is 1. The topological polar surface area (TPSA) is 143 Å². The SMILES string of the molecule is Cc1cc(N=Nc2cnc(C(O)Oc3ccc([N+](=O)[O-])cc3)nc2)cc(C)c1O. The number of phenols is 1. The third-order valence-corrected chi connectivity index (χ3v) is 3.93. The molecule has 1 aromatic heterocycles. The molecule has 0 saturated heterocycles. The summed E-state index contributed by atoms with van der Waals surface area (Å²) in [5.74, 6) is 0.450. The largest absolute Gasteiger partial charge is 0.507 e. The smallest absolute Gasteiger partial charge is 0.269 e. The molecule has 0 radical (unpaired) electrons. The third-order valence-electron chi connectivity index (χ3n) is 3.93. The van der Waals surface area contributed by atoms with Gasteiger partial charge in [0.05, 0.1) is 23.0 Å². The van der Waals surface area contributed by atoms with Crippen LogP contribution in [0.3, 0.4) is 0 Å². The summed E-state index contributed by atoms with van der Waals surface area (Å²) in [6.45, 7) is 3.54. The van der Waals surface area contributed by atoms with Crippen molar-refractivity contribution in [2.24, 2.45) is 10.2 Å². The minimum Gasteiger partial charge on any atom is -0.507 e. The highest BCUT2D eigenvalue weighted by Crippen LogP contribution is 2.28. The molecule has 0 amide bonds. The Morgan fingerprint density at radius 2 is 1.59 bits per heavy atom. The average molecular weight is 395 g/mol. The third kappa shape index (κ3) is 4.87. The molecule has 3 aromatic rings. The van der Waals surface area contributed by atoms with Crippen LogP contribution in [0.15, 0.2) is 59.0 Å². The number of nitrogens with zero attached hydrogens (tertiary/aromatic N) is 5. The van der Waals surface area contributed by atoms with Crippen LogP contribution in [-0.4, -0.2) is 25.1 Å². The van der Waals surface area contributed by atoms with Crippen molar-refractivity contribution < 1.29 is 19.9 Å². The summed E-state index contributed by atoms with van der Waals surface area (Å²) in [6, 6.07) is 8.65. The van der Waals surface area contributed by atoms with Gasteiger partial charge < -0.3 is 14.9 Å². The molecule has 1 unspecified atom stereocenters. The molecular weight excluding hydrogens is 378 g/mol. The Hall–Kier alpha value is -3.92. The number of azo groups is 1. The molecule has 0 aliphatic heterocycles. The first-order valence-corrected chi connectivity index (χ1v) is 8.46. The number of hydrogen-bond donors (Lipinski definition) is 2. The van der Waals surface area contributed by atoms with Crippen LogP contribution >= 0.6 is 0 Å². The number of ether oxygens (including phenoxy) is 1. The quantitative estimate of drug-likeness (QED) is 0.275. The second kappa shape index (κ2) is 8.40. The Labute approximate surface area is 165 Å². The molecule has 10 heteroatoms. The minimum absolute atomic E-state index is 0.00127. The van der Waals surface area contributed by atoms with Gasteiger partial charge in [-0.25, -0.2) is 9.97 Å². The fourth-order valence-corrected chi connectivity index (χ4v) is 2.44. The highest BCUT2D eigenvalue weighted by atomic mass is 16.6. The molecule has 1 atom stereocenters. The van der Waals surface area contributed by atoms with E-state index in [1.165, 1.54) is 36.7 Å². The van der Waals surface area contributed by atoms with E-state index in [0.29, 0.717) is 22.5 Å². The molecule has 3 rings (SSSR count). The molecular formula is C19H17N5O5. The van der Waals surface area contributed by atoms with Crippen LogP contribution in [0.2, 0.25) is 0 Å². The van der Waals surface area contributed by atoms with Crippen molar-refractivity contribution in [2.45, 2.75) is 20.1 Å². The first-order valence-electron chi connectivity index (χ1n) is 8.46. The van der Waals surface area contributed by atoms with Gasteiger partial charge in [0.2, 0.25) is 0 Å². The van der Waals surface area contributed by atoms with Crippen molar-refractivity contribution in [1.82, 2.24) is 9.97 Å². The molecule has 29 heavy (non-hydrogen) atoms. The van der Waals surface area contributed by atoms with Crippen LogP contribution in [0.1, 0.15) is 23.2 Å². The zero-order valence-electron chi connectivity index (χ0n) is 15.6. The molecule has 1 heterocycles. The molecule has 0 bridgehead atoms. The molecule has 10 nitrogen and oxygen atoms in total.